The molecule has 0 aromatic carbocycles. The number of fused-ring (bicyclic) bond motifs is 1. The zero-order valence-corrected chi connectivity index (χ0v) is 15.8. The molecule has 0 radical (unpaired) electrons. The van der Waals surface area contributed by atoms with Crippen LogP contribution in [0.5, 0.6) is 0 Å². The number of aromatic nitrogens is 1. The zero-order chi connectivity index (χ0) is 18.5. The minimum Gasteiger partial charge on any atom is -0.465 e. The van der Waals surface area contributed by atoms with Crippen molar-refractivity contribution >= 4 is 45.5 Å². The molecule has 0 saturated carbocycles. The molecule has 7 nitrogen and oxygen atoms in total. The molecular formula is C17H18N4O3S2. The molecule has 0 atom stereocenters. The Labute approximate surface area is 160 Å². The molecule has 0 spiro atoms. The van der Waals surface area contributed by atoms with E-state index in [-0.39, 0.29) is 16.8 Å². The van der Waals surface area contributed by atoms with Gasteiger partial charge in [0.15, 0.2) is 5.11 Å². The Bertz CT molecular complexity index is 836. The number of anilines is 1. The Kier molecular flexibility index (Phi) is 5.79. The molecular weight excluding hydrogens is 372 g/mol. The number of thiophene rings is 1. The maximum absolute atomic E-state index is 12.2. The van der Waals surface area contributed by atoms with Crippen LogP contribution in [0.3, 0.4) is 0 Å². The fourth-order valence-corrected chi connectivity index (χ4v) is 4.28. The molecule has 0 fully saturated rings. The van der Waals surface area contributed by atoms with Crippen LogP contribution in [0.1, 0.15) is 44.1 Å². The van der Waals surface area contributed by atoms with Crippen molar-refractivity contribution < 1.29 is 14.3 Å². The lowest BCUT2D eigenvalue weighted by molar-refractivity contribution is 0.0600. The van der Waals surface area contributed by atoms with Gasteiger partial charge in [-0.15, -0.1) is 11.3 Å². The van der Waals surface area contributed by atoms with E-state index >= 15 is 0 Å². The minimum atomic E-state index is -0.409. The highest BCUT2D eigenvalue weighted by atomic mass is 32.1. The number of thiocarbonyl (C=S) groups is 1. The van der Waals surface area contributed by atoms with Crippen LogP contribution in [-0.2, 0) is 17.6 Å². The van der Waals surface area contributed by atoms with E-state index in [4.69, 9.17) is 17.0 Å². The molecule has 0 bridgehead atoms. The molecule has 2 heterocycles. The number of amides is 1. The molecule has 136 valence electrons. The van der Waals surface area contributed by atoms with Crippen molar-refractivity contribution in [2.75, 3.05) is 12.4 Å². The predicted octanol–water partition coefficient (Wildman–Crippen LogP) is 2.44. The minimum absolute atomic E-state index is 0.179. The molecule has 0 saturated heterocycles. The van der Waals surface area contributed by atoms with E-state index in [1.807, 2.05) is 0 Å². The highest BCUT2D eigenvalue weighted by Gasteiger charge is 2.26. The third kappa shape index (κ3) is 4.00. The van der Waals surface area contributed by atoms with Crippen LogP contribution in [0, 0.1) is 0 Å². The topological polar surface area (TPSA) is 92.4 Å². The maximum atomic E-state index is 12.2. The largest absolute Gasteiger partial charge is 0.465 e. The summed E-state index contributed by atoms with van der Waals surface area (Å²) in [7, 11) is 1.36. The van der Waals surface area contributed by atoms with Gasteiger partial charge in [0.1, 0.15) is 10.7 Å². The molecule has 1 amide bonds. The van der Waals surface area contributed by atoms with Gasteiger partial charge in [0.25, 0.3) is 5.91 Å². The predicted molar refractivity (Wildman–Crippen MR) is 103 cm³/mol. The Hall–Kier alpha value is -2.52. The number of aryl methyl sites for hydroxylation is 1. The summed E-state index contributed by atoms with van der Waals surface area (Å²) in [5.41, 5.74) is 6.95. The summed E-state index contributed by atoms with van der Waals surface area (Å²) in [4.78, 5) is 29.3. The van der Waals surface area contributed by atoms with E-state index in [1.165, 1.54) is 29.5 Å². The number of pyridine rings is 1. The van der Waals surface area contributed by atoms with Crippen molar-refractivity contribution in [3.05, 3.63) is 46.1 Å². The highest BCUT2D eigenvalue weighted by Crippen LogP contribution is 2.38. The summed E-state index contributed by atoms with van der Waals surface area (Å²) in [6, 6.07) is 5.04. The fraction of sp³-hybridized carbons (Fsp3) is 0.294. The van der Waals surface area contributed by atoms with Gasteiger partial charge in [-0.2, -0.15) is 0 Å². The first-order valence-electron chi connectivity index (χ1n) is 8.11. The second kappa shape index (κ2) is 8.24. The van der Waals surface area contributed by atoms with E-state index in [0.717, 1.165) is 31.2 Å². The van der Waals surface area contributed by atoms with Gasteiger partial charge < -0.3 is 10.1 Å². The third-order valence-corrected chi connectivity index (χ3v) is 5.39. The second-order valence-electron chi connectivity index (χ2n) is 5.65. The lowest BCUT2D eigenvalue weighted by Crippen LogP contribution is -2.44. The molecule has 3 rings (SSSR count). The third-order valence-electron chi connectivity index (χ3n) is 3.97. The molecule has 1 aliphatic carbocycles. The SMILES string of the molecule is COC(=O)c1c(NC(=S)NNC(=O)c2ccccn2)sc2c1CCCC2. The van der Waals surface area contributed by atoms with Gasteiger partial charge in [-0.25, -0.2) is 4.79 Å². The lowest BCUT2D eigenvalue weighted by Gasteiger charge is -2.13. The summed E-state index contributed by atoms with van der Waals surface area (Å²) in [6.45, 7) is 0. The maximum Gasteiger partial charge on any atom is 0.341 e. The Morgan fingerprint density at radius 1 is 1.23 bits per heavy atom. The van der Waals surface area contributed by atoms with Crippen molar-refractivity contribution in [2.45, 2.75) is 25.7 Å². The van der Waals surface area contributed by atoms with Crippen LogP contribution in [0.4, 0.5) is 5.00 Å². The van der Waals surface area contributed by atoms with Crippen molar-refractivity contribution in [3.63, 3.8) is 0 Å². The molecule has 9 heteroatoms. The molecule has 2 aromatic rings. The molecule has 0 unspecified atom stereocenters. The van der Waals surface area contributed by atoms with E-state index in [0.29, 0.717) is 10.6 Å². The Morgan fingerprint density at radius 3 is 2.77 bits per heavy atom. The Morgan fingerprint density at radius 2 is 2.04 bits per heavy atom. The number of hydrogen-bond acceptors (Lipinski definition) is 6. The first kappa shape index (κ1) is 18.3. The summed E-state index contributed by atoms with van der Waals surface area (Å²) in [5, 5.41) is 3.80. The van der Waals surface area contributed by atoms with Crippen molar-refractivity contribution in [1.29, 1.82) is 0 Å². The highest BCUT2D eigenvalue weighted by molar-refractivity contribution is 7.80. The number of carbonyl (C=O) groups excluding carboxylic acids is 2. The van der Waals surface area contributed by atoms with Crippen molar-refractivity contribution in [1.82, 2.24) is 15.8 Å². The van der Waals surface area contributed by atoms with Gasteiger partial charge in [0.05, 0.1) is 12.7 Å². The quantitative estimate of drug-likeness (QED) is 0.421. The molecule has 3 N–H and O–H groups in total. The van der Waals surface area contributed by atoms with Crippen molar-refractivity contribution in [2.24, 2.45) is 0 Å². The molecule has 2 aromatic heterocycles. The monoisotopic (exact) mass is 390 g/mol. The summed E-state index contributed by atoms with van der Waals surface area (Å²) in [5.74, 6) is -0.791. The van der Waals surface area contributed by atoms with Crippen LogP contribution in [-0.4, -0.2) is 29.1 Å². The number of nitrogens with one attached hydrogen (secondary N) is 3. The average Bonchev–Trinajstić information content (AvgIpc) is 3.03. The number of hydrogen-bond donors (Lipinski definition) is 3. The van der Waals surface area contributed by atoms with Gasteiger partial charge in [0, 0.05) is 11.1 Å². The van der Waals surface area contributed by atoms with Gasteiger partial charge in [-0.05, 0) is 55.6 Å². The number of hydrazine groups is 1. The average molecular weight is 390 g/mol. The normalized spacial score (nSPS) is 12.7. The zero-order valence-electron chi connectivity index (χ0n) is 14.1. The first-order chi connectivity index (χ1) is 12.6. The van der Waals surface area contributed by atoms with E-state index in [1.54, 1.807) is 18.2 Å². The summed E-state index contributed by atoms with van der Waals surface area (Å²) in [6.07, 6.45) is 5.49. The van der Waals surface area contributed by atoms with Gasteiger partial charge >= 0.3 is 5.97 Å². The standard InChI is InChI=1S/C17H18N4O3S2/c1-24-16(23)13-10-6-2-3-8-12(10)26-15(13)19-17(25)21-20-14(22)11-7-4-5-9-18-11/h4-5,7,9H,2-3,6,8H2,1H3,(H,20,22)(H2,19,21,25). The van der Waals surface area contributed by atoms with Crippen LogP contribution in [0.15, 0.2) is 24.4 Å². The van der Waals surface area contributed by atoms with Crippen LogP contribution in [0.2, 0.25) is 0 Å². The molecule has 1 aliphatic rings. The number of methoxy groups -OCH3 is 1. The number of ether oxygens (including phenoxy) is 1. The Balaban J connectivity index is 1.68. The number of rotatable bonds is 3. The first-order valence-corrected chi connectivity index (χ1v) is 9.34. The van der Waals surface area contributed by atoms with Gasteiger partial charge in [-0.3, -0.25) is 20.6 Å². The van der Waals surface area contributed by atoms with Gasteiger partial charge in [-0.1, -0.05) is 6.07 Å². The summed E-state index contributed by atoms with van der Waals surface area (Å²) >= 11 is 6.72. The van der Waals surface area contributed by atoms with Crippen LogP contribution < -0.4 is 16.2 Å². The van der Waals surface area contributed by atoms with Crippen LogP contribution in [0.25, 0.3) is 0 Å². The van der Waals surface area contributed by atoms with Gasteiger partial charge in [0.2, 0.25) is 0 Å². The second-order valence-corrected chi connectivity index (χ2v) is 7.17. The molecule has 26 heavy (non-hydrogen) atoms. The van der Waals surface area contributed by atoms with E-state index < -0.39 is 5.91 Å². The smallest absolute Gasteiger partial charge is 0.341 e. The number of esters is 1. The van der Waals surface area contributed by atoms with E-state index in [2.05, 4.69) is 21.2 Å². The molecule has 0 aliphatic heterocycles. The summed E-state index contributed by atoms with van der Waals surface area (Å²) < 4.78 is 4.93. The lowest BCUT2D eigenvalue weighted by atomic mass is 9.95. The van der Waals surface area contributed by atoms with Crippen LogP contribution >= 0.6 is 23.6 Å². The number of carbonyl (C=O) groups is 2. The number of nitrogens with zero attached hydrogens (tertiary/aromatic N) is 1. The van der Waals surface area contributed by atoms with Crippen molar-refractivity contribution in [3.8, 4) is 0 Å². The fourth-order valence-electron chi connectivity index (χ4n) is 2.78. The van der Waals surface area contributed by atoms with E-state index in [9.17, 15) is 9.59 Å².